The minimum Gasteiger partial charge on any atom is -0.369 e. The Labute approximate surface area is 257 Å². The van der Waals surface area contributed by atoms with E-state index in [0.29, 0.717) is 28.4 Å². The number of halogens is 2. The van der Waals surface area contributed by atoms with Crippen molar-refractivity contribution in [2.45, 2.75) is 32.7 Å². The number of para-hydroxylation sites is 1. The van der Waals surface area contributed by atoms with Crippen LogP contribution in [0.5, 0.6) is 0 Å². The van der Waals surface area contributed by atoms with Gasteiger partial charge in [0.25, 0.3) is 0 Å². The van der Waals surface area contributed by atoms with Crippen LogP contribution in [-0.2, 0) is 10.3 Å². The zero-order valence-electron chi connectivity index (χ0n) is 24.5. The van der Waals surface area contributed by atoms with Crippen LogP contribution in [0, 0.1) is 5.82 Å². The largest absolute Gasteiger partial charge is 0.369 e. The van der Waals surface area contributed by atoms with Crippen molar-refractivity contribution in [3.63, 3.8) is 0 Å². The third-order valence-electron chi connectivity index (χ3n) is 7.99. The summed E-state index contributed by atoms with van der Waals surface area (Å²) in [5, 5.41) is 3.75. The smallest absolute Gasteiger partial charge is 0.363 e. The SMILES string of the molecule is CC.CN1CCN(C2CCN(c3ccc(Nc4ncc(Cl)c(-c5cn(S(=O)(=O)O)c6ccccc56)n4)cc3F)CC2)CC1. The fourth-order valence-electron chi connectivity index (χ4n) is 5.77. The Kier molecular flexibility index (Phi) is 9.52. The van der Waals surface area contributed by atoms with E-state index in [0.717, 1.165) is 56.1 Å². The first kappa shape index (κ1) is 31.1. The summed E-state index contributed by atoms with van der Waals surface area (Å²) in [7, 11) is -2.39. The number of piperazine rings is 1. The first-order chi connectivity index (χ1) is 20.7. The minimum atomic E-state index is -4.55. The fraction of sp³-hybridized carbons (Fsp3) is 0.400. The molecule has 0 unspecified atom stereocenters. The van der Waals surface area contributed by atoms with Crippen LogP contribution in [0.15, 0.2) is 54.9 Å². The van der Waals surface area contributed by atoms with Crippen LogP contribution >= 0.6 is 11.6 Å². The van der Waals surface area contributed by atoms with Gasteiger partial charge in [0.15, 0.2) is 0 Å². The lowest BCUT2D eigenvalue weighted by molar-refractivity contribution is 0.0981. The molecule has 2 aliphatic rings. The molecule has 43 heavy (non-hydrogen) atoms. The summed E-state index contributed by atoms with van der Waals surface area (Å²) in [6.45, 7) is 9.98. The first-order valence-electron chi connectivity index (χ1n) is 14.5. The monoisotopic (exact) mass is 629 g/mol. The maximum absolute atomic E-state index is 15.3. The number of anilines is 3. The Balaban J connectivity index is 0.00000180. The molecule has 0 amide bonds. The molecule has 0 aliphatic carbocycles. The van der Waals surface area contributed by atoms with Crippen LogP contribution in [0.4, 0.5) is 21.7 Å². The Bertz CT molecular complexity index is 1680. The van der Waals surface area contributed by atoms with Gasteiger partial charge in [0, 0.05) is 68.1 Å². The number of fused-ring (bicyclic) bond motifs is 1. The number of piperidine rings is 1. The second kappa shape index (κ2) is 13.1. The topological polar surface area (TPSA) is 107 Å². The number of nitrogens with one attached hydrogen (secondary N) is 1. The predicted molar refractivity (Wildman–Crippen MR) is 170 cm³/mol. The van der Waals surface area contributed by atoms with Crippen molar-refractivity contribution >= 4 is 50.1 Å². The van der Waals surface area contributed by atoms with Crippen LogP contribution in [0.2, 0.25) is 5.02 Å². The van der Waals surface area contributed by atoms with Gasteiger partial charge in [-0.05, 0) is 44.2 Å². The lowest BCUT2D eigenvalue weighted by Crippen LogP contribution is -2.52. The molecule has 0 atom stereocenters. The van der Waals surface area contributed by atoms with Crippen molar-refractivity contribution in [3.8, 4) is 11.3 Å². The fourth-order valence-corrected chi connectivity index (χ4v) is 6.61. The van der Waals surface area contributed by atoms with Crippen molar-refractivity contribution in [2.24, 2.45) is 0 Å². The van der Waals surface area contributed by atoms with Crippen LogP contribution in [0.25, 0.3) is 22.2 Å². The molecule has 230 valence electrons. The molecule has 2 aromatic carbocycles. The second-order valence-corrected chi connectivity index (χ2v) is 12.3. The lowest BCUT2D eigenvalue weighted by Gasteiger charge is -2.42. The van der Waals surface area contributed by atoms with Crippen molar-refractivity contribution in [3.05, 3.63) is 65.7 Å². The van der Waals surface area contributed by atoms with Gasteiger partial charge in [-0.15, -0.1) is 0 Å². The summed E-state index contributed by atoms with van der Waals surface area (Å²) in [4.78, 5) is 15.8. The number of hydrogen-bond donors (Lipinski definition) is 2. The van der Waals surface area contributed by atoms with E-state index in [1.807, 2.05) is 13.8 Å². The highest BCUT2D eigenvalue weighted by molar-refractivity contribution is 7.84. The number of aromatic nitrogens is 3. The van der Waals surface area contributed by atoms with Gasteiger partial charge in [-0.1, -0.05) is 43.6 Å². The van der Waals surface area contributed by atoms with Crippen LogP contribution < -0.4 is 10.2 Å². The van der Waals surface area contributed by atoms with E-state index in [4.69, 9.17) is 11.6 Å². The van der Waals surface area contributed by atoms with E-state index in [-0.39, 0.29) is 28.0 Å². The van der Waals surface area contributed by atoms with E-state index >= 15 is 4.39 Å². The first-order valence-corrected chi connectivity index (χ1v) is 16.3. The summed E-state index contributed by atoms with van der Waals surface area (Å²) < 4.78 is 49.7. The van der Waals surface area contributed by atoms with Gasteiger partial charge in [-0.3, -0.25) is 9.45 Å². The molecule has 0 saturated carbocycles. The third kappa shape index (κ3) is 6.78. The van der Waals surface area contributed by atoms with Gasteiger partial charge in [0.2, 0.25) is 5.95 Å². The van der Waals surface area contributed by atoms with Gasteiger partial charge >= 0.3 is 10.3 Å². The molecule has 2 fully saturated rings. The summed E-state index contributed by atoms with van der Waals surface area (Å²) in [5.74, 6) is -0.174. The zero-order valence-corrected chi connectivity index (χ0v) is 26.1. The molecule has 4 heterocycles. The Morgan fingerprint density at radius 2 is 1.72 bits per heavy atom. The number of benzene rings is 2. The summed E-state index contributed by atoms with van der Waals surface area (Å²) >= 11 is 6.41. The molecule has 2 aliphatic heterocycles. The van der Waals surface area contributed by atoms with Crippen molar-refractivity contribution < 1.29 is 17.4 Å². The molecule has 2 aromatic heterocycles. The minimum absolute atomic E-state index is 0.160. The molecule has 2 N–H and O–H groups in total. The van der Waals surface area contributed by atoms with Gasteiger partial charge in [-0.25, -0.2) is 18.3 Å². The van der Waals surface area contributed by atoms with E-state index in [2.05, 4.69) is 37.0 Å². The van der Waals surface area contributed by atoms with Gasteiger partial charge in [0.05, 0.1) is 28.1 Å². The number of hydrogen-bond acceptors (Lipinski definition) is 8. The summed E-state index contributed by atoms with van der Waals surface area (Å²) in [6, 6.07) is 12.2. The molecule has 10 nitrogen and oxygen atoms in total. The molecule has 13 heteroatoms. The summed E-state index contributed by atoms with van der Waals surface area (Å²) in [6.07, 6.45) is 4.68. The Morgan fingerprint density at radius 3 is 2.40 bits per heavy atom. The molecular formula is C30H37ClFN7O3S. The number of rotatable bonds is 6. The quantitative estimate of drug-likeness (QED) is 0.266. The van der Waals surface area contributed by atoms with E-state index in [9.17, 15) is 13.0 Å². The number of nitrogens with zero attached hydrogens (tertiary/aromatic N) is 6. The van der Waals surface area contributed by atoms with Gasteiger partial charge < -0.3 is 15.1 Å². The van der Waals surface area contributed by atoms with Crippen LogP contribution in [0.1, 0.15) is 26.7 Å². The summed E-state index contributed by atoms with van der Waals surface area (Å²) in [5.41, 5.74) is 1.98. The van der Waals surface area contributed by atoms with Gasteiger partial charge in [0.1, 0.15) is 5.82 Å². The van der Waals surface area contributed by atoms with Crippen LogP contribution in [-0.4, -0.2) is 89.1 Å². The molecule has 2 saturated heterocycles. The normalized spacial score (nSPS) is 17.1. The molecule has 0 radical (unpaired) electrons. The highest BCUT2D eigenvalue weighted by Crippen LogP contribution is 2.35. The number of likely N-dealkylation sites (N-methyl/N-ethyl adjacent to an activating group) is 1. The van der Waals surface area contributed by atoms with Gasteiger partial charge in [-0.2, -0.15) is 8.42 Å². The highest BCUT2D eigenvalue weighted by Gasteiger charge is 2.28. The highest BCUT2D eigenvalue weighted by atomic mass is 35.5. The zero-order chi connectivity index (χ0) is 30.7. The van der Waals surface area contributed by atoms with Crippen molar-refractivity contribution in [1.29, 1.82) is 0 Å². The van der Waals surface area contributed by atoms with E-state index in [1.165, 1.54) is 18.5 Å². The third-order valence-corrected chi connectivity index (χ3v) is 9.06. The predicted octanol–water partition coefficient (Wildman–Crippen LogP) is 5.53. The second-order valence-electron chi connectivity index (χ2n) is 10.6. The molecule has 6 rings (SSSR count). The molecule has 4 aromatic rings. The van der Waals surface area contributed by atoms with Crippen molar-refractivity contribution in [2.75, 3.05) is 56.5 Å². The van der Waals surface area contributed by atoms with Crippen LogP contribution in [0.3, 0.4) is 0 Å². The molecule has 0 bridgehead atoms. The maximum atomic E-state index is 15.3. The standard InChI is InChI=1S/C28H31ClFN7O3S.C2H6/c1-34-12-14-35(15-13-34)20-8-10-36(11-9-20)26-7-6-19(16-24(26)30)32-28-31-17-23(29)27(33-28)22-18-37(41(38,39)40)25-5-3-2-4-21(22)25;1-2/h2-7,16-18,20H,8-15H2,1H3,(H,31,32,33)(H,38,39,40);1-2H3. The molecular weight excluding hydrogens is 593 g/mol. The van der Waals surface area contributed by atoms with Crippen molar-refractivity contribution in [1.82, 2.24) is 23.7 Å². The molecule has 0 spiro atoms. The maximum Gasteiger partial charge on any atom is 0.363 e. The van der Waals surface area contributed by atoms with E-state index < -0.39 is 10.3 Å². The van der Waals surface area contributed by atoms with E-state index in [1.54, 1.807) is 36.4 Å². The Hall–Kier alpha value is -3.29. The average molecular weight is 630 g/mol. The average Bonchev–Trinajstić information content (AvgIpc) is 3.40. The lowest BCUT2D eigenvalue weighted by atomic mass is 10.0. The Morgan fingerprint density at radius 1 is 1.02 bits per heavy atom.